The normalized spacial score (nSPS) is 17.4. The standard InChI is InChI=1S/C19H20N2O2S/c1-17-6-5-7-18(16-17)10-11-20-24(22,19-8-3-2-4-9-19)21-12-14-23-15-13-21/h2-9,16H,12-15H2,1H3. The molecule has 24 heavy (non-hydrogen) atoms. The molecule has 2 aromatic carbocycles. The van der Waals surface area contributed by atoms with Gasteiger partial charge in [0.25, 0.3) is 0 Å². The molecule has 5 heteroatoms. The summed E-state index contributed by atoms with van der Waals surface area (Å²) in [4.78, 5) is 0.686. The zero-order chi connectivity index (χ0) is 16.8. The summed E-state index contributed by atoms with van der Waals surface area (Å²) in [6, 6.07) is 20.0. The molecule has 3 rings (SSSR count). The van der Waals surface area contributed by atoms with Gasteiger partial charge in [0.05, 0.1) is 24.2 Å². The van der Waals surface area contributed by atoms with Gasteiger partial charge in [-0.3, -0.25) is 0 Å². The molecule has 0 saturated carbocycles. The van der Waals surface area contributed by atoms with Crippen LogP contribution in [0.15, 0.2) is 63.9 Å². The lowest BCUT2D eigenvalue weighted by atomic mass is 10.1. The van der Waals surface area contributed by atoms with Crippen LogP contribution < -0.4 is 0 Å². The first kappa shape index (κ1) is 16.7. The van der Waals surface area contributed by atoms with E-state index in [4.69, 9.17) is 4.74 Å². The Morgan fingerprint density at radius 2 is 1.83 bits per heavy atom. The number of aryl methyl sites for hydroxylation is 1. The highest BCUT2D eigenvalue weighted by molar-refractivity contribution is 7.91. The highest BCUT2D eigenvalue weighted by Gasteiger charge is 2.24. The van der Waals surface area contributed by atoms with Crippen LogP contribution in [0.25, 0.3) is 0 Å². The van der Waals surface area contributed by atoms with E-state index in [2.05, 4.69) is 16.3 Å². The number of rotatable bonds is 2. The number of ether oxygens (including phenoxy) is 1. The third kappa shape index (κ3) is 3.85. The van der Waals surface area contributed by atoms with Crippen molar-refractivity contribution in [3.05, 3.63) is 65.7 Å². The molecule has 0 bridgehead atoms. The molecular formula is C19H20N2O2S. The summed E-state index contributed by atoms with van der Waals surface area (Å²) in [5, 5.41) is 0. The molecule has 1 unspecified atom stereocenters. The number of morpholine rings is 1. The Morgan fingerprint density at radius 1 is 1.08 bits per heavy atom. The van der Waals surface area contributed by atoms with Crippen molar-refractivity contribution in [2.24, 2.45) is 4.36 Å². The molecule has 1 aliphatic rings. The van der Waals surface area contributed by atoms with E-state index in [1.54, 1.807) is 0 Å². The molecule has 0 aliphatic carbocycles. The highest BCUT2D eigenvalue weighted by Crippen LogP contribution is 2.19. The molecule has 1 aliphatic heterocycles. The van der Waals surface area contributed by atoms with Crippen LogP contribution in [0.3, 0.4) is 0 Å². The fourth-order valence-electron chi connectivity index (χ4n) is 2.52. The maximum absolute atomic E-state index is 13.6. The van der Waals surface area contributed by atoms with E-state index < -0.39 is 9.92 Å². The fourth-order valence-corrected chi connectivity index (χ4v) is 4.37. The van der Waals surface area contributed by atoms with Crippen molar-refractivity contribution in [1.29, 1.82) is 0 Å². The smallest absolute Gasteiger partial charge is 0.152 e. The summed E-state index contributed by atoms with van der Waals surface area (Å²) in [7, 11) is -2.75. The summed E-state index contributed by atoms with van der Waals surface area (Å²) in [5.74, 6) is 3.00. The Morgan fingerprint density at radius 3 is 2.54 bits per heavy atom. The lowest BCUT2D eigenvalue weighted by Crippen LogP contribution is -2.40. The Bertz CT molecular complexity index is 869. The molecule has 0 aromatic heterocycles. The van der Waals surface area contributed by atoms with E-state index in [9.17, 15) is 4.21 Å². The number of nitrogens with zero attached hydrogens (tertiary/aromatic N) is 2. The lowest BCUT2D eigenvalue weighted by Gasteiger charge is -2.28. The predicted octanol–water partition coefficient (Wildman–Crippen LogP) is 3.08. The van der Waals surface area contributed by atoms with Gasteiger partial charge in [0.15, 0.2) is 9.92 Å². The van der Waals surface area contributed by atoms with E-state index in [1.165, 1.54) is 0 Å². The third-order valence-corrected chi connectivity index (χ3v) is 6.05. The van der Waals surface area contributed by atoms with Gasteiger partial charge in [-0.05, 0) is 42.7 Å². The Kier molecular flexibility index (Phi) is 5.31. The summed E-state index contributed by atoms with van der Waals surface area (Å²) in [5.41, 5.74) is 2.01. The van der Waals surface area contributed by atoms with Gasteiger partial charge >= 0.3 is 0 Å². The molecule has 0 N–H and O–H groups in total. The van der Waals surface area contributed by atoms with Crippen LogP contribution in [-0.2, 0) is 14.7 Å². The van der Waals surface area contributed by atoms with Gasteiger partial charge in [-0.25, -0.2) is 8.51 Å². The molecule has 4 nitrogen and oxygen atoms in total. The zero-order valence-corrected chi connectivity index (χ0v) is 14.5. The minimum atomic E-state index is -2.75. The van der Waals surface area contributed by atoms with Gasteiger partial charge < -0.3 is 4.74 Å². The van der Waals surface area contributed by atoms with Gasteiger partial charge in [0, 0.05) is 18.7 Å². The second-order valence-electron chi connectivity index (χ2n) is 5.55. The van der Waals surface area contributed by atoms with Crippen LogP contribution in [0.4, 0.5) is 0 Å². The summed E-state index contributed by atoms with van der Waals surface area (Å²) in [6.45, 7) is 4.31. The first-order valence-corrected chi connectivity index (χ1v) is 9.37. The van der Waals surface area contributed by atoms with Gasteiger partial charge in [0.2, 0.25) is 0 Å². The van der Waals surface area contributed by atoms with Crippen LogP contribution in [0.5, 0.6) is 0 Å². The molecule has 1 saturated heterocycles. The van der Waals surface area contributed by atoms with Crippen LogP contribution in [0.2, 0.25) is 0 Å². The molecule has 1 heterocycles. The monoisotopic (exact) mass is 340 g/mol. The molecule has 1 fully saturated rings. The highest BCUT2D eigenvalue weighted by atomic mass is 32.2. The molecule has 2 aromatic rings. The second kappa shape index (κ2) is 7.63. The Balaban J connectivity index is 2.00. The maximum atomic E-state index is 13.6. The Labute approximate surface area is 143 Å². The lowest BCUT2D eigenvalue weighted by molar-refractivity contribution is 0.0745. The van der Waals surface area contributed by atoms with Crippen molar-refractivity contribution in [2.75, 3.05) is 26.3 Å². The number of hydrogen-bond acceptors (Lipinski definition) is 3. The van der Waals surface area contributed by atoms with Crippen molar-refractivity contribution >= 4 is 9.92 Å². The van der Waals surface area contributed by atoms with Crippen LogP contribution in [-0.4, -0.2) is 34.8 Å². The van der Waals surface area contributed by atoms with Gasteiger partial charge in [-0.2, -0.15) is 0 Å². The SMILES string of the molecule is Cc1cccc(C#CN=S(=O)(c2ccccc2)N2CCOCC2)c1. The minimum absolute atomic E-state index is 0.560. The van der Waals surface area contributed by atoms with Crippen LogP contribution >= 0.6 is 0 Å². The van der Waals surface area contributed by atoms with Crippen molar-refractivity contribution in [2.45, 2.75) is 11.8 Å². The molecule has 124 valence electrons. The topological polar surface area (TPSA) is 41.9 Å². The van der Waals surface area contributed by atoms with Gasteiger partial charge in [-0.15, -0.1) is 4.36 Å². The van der Waals surface area contributed by atoms with Crippen LogP contribution in [0, 0.1) is 18.9 Å². The molecular weight excluding hydrogens is 320 g/mol. The first-order chi connectivity index (χ1) is 11.7. The molecule has 1 atom stereocenters. The van der Waals surface area contributed by atoms with Crippen molar-refractivity contribution in [1.82, 2.24) is 4.31 Å². The summed E-state index contributed by atoms with van der Waals surface area (Å²) < 4.78 is 25.2. The second-order valence-corrected chi connectivity index (χ2v) is 7.71. The quantitative estimate of drug-likeness (QED) is 0.789. The molecule has 0 radical (unpaired) electrons. The maximum Gasteiger partial charge on any atom is 0.152 e. The van der Waals surface area contributed by atoms with E-state index in [1.807, 2.05) is 65.8 Å². The van der Waals surface area contributed by atoms with E-state index in [0.29, 0.717) is 31.2 Å². The third-order valence-electron chi connectivity index (χ3n) is 3.76. The average molecular weight is 340 g/mol. The average Bonchev–Trinajstić information content (AvgIpc) is 2.63. The molecule has 0 spiro atoms. The summed E-state index contributed by atoms with van der Waals surface area (Å²) in [6.07, 6.45) is 0. The van der Waals surface area contributed by atoms with Crippen molar-refractivity contribution in [3.8, 4) is 12.0 Å². The minimum Gasteiger partial charge on any atom is -0.379 e. The zero-order valence-electron chi connectivity index (χ0n) is 13.6. The number of benzene rings is 2. The van der Waals surface area contributed by atoms with Gasteiger partial charge in [0.1, 0.15) is 0 Å². The van der Waals surface area contributed by atoms with Crippen molar-refractivity contribution in [3.63, 3.8) is 0 Å². The predicted molar refractivity (Wildman–Crippen MR) is 95.7 cm³/mol. The molecule has 0 amide bonds. The van der Waals surface area contributed by atoms with Gasteiger partial charge in [-0.1, -0.05) is 30.3 Å². The van der Waals surface area contributed by atoms with E-state index >= 15 is 0 Å². The Hall–Kier alpha value is -2.13. The largest absolute Gasteiger partial charge is 0.379 e. The summed E-state index contributed by atoms with van der Waals surface area (Å²) >= 11 is 0. The fraction of sp³-hybridized carbons (Fsp3) is 0.263. The van der Waals surface area contributed by atoms with E-state index in [-0.39, 0.29) is 0 Å². The van der Waals surface area contributed by atoms with Crippen molar-refractivity contribution < 1.29 is 8.95 Å². The van der Waals surface area contributed by atoms with Crippen LogP contribution in [0.1, 0.15) is 11.1 Å². The number of hydrogen-bond donors (Lipinski definition) is 0. The van der Waals surface area contributed by atoms with E-state index in [0.717, 1.165) is 11.1 Å². The first-order valence-electron chi connectivity index (χ1n) is 7.90.